The van der Waals surface area contributed by atoms with E-state index in [0.717, 1.165) is 6.42 Å². The average Bonchev–Trinajstić information content (AvgIpc) is 3.12. The normalized spacial score (nSPS) is 12.1. The van der Waals surface area contributed by atoms with Crippen LogP contribution in [0.3, 0.4) is 0 Å². The van der Waals surface area contributed by atoms with Crippen molar-refractivity contribution in [2.45, 2.75) is 19.8 Å². The second-order valence-corrected chi connectivity index (χ2v) is 7.61. The van der Waals surface area contributed by atoms with Gasteiger partial charge in [-0.05, 0) is 30.2 Å². The quantitative estimate of drug-likeness (QED) is 0.341. The van der Waals surface area contributed by atoms with Gasteiger partial charge in [-0.15, -0.1) is 11.3 Å². The molecule has 0 saturated heterocycles. The minimum atomic E-state index is 1.13. The van der Waals surface area contributed by atoms with E-state index in [1.807, 2.05) is 11.3 Å². The number of para-hydroxylation sites is 1. The highest BCUT2D eigenvalue weighted by atomic mass is 32.1. The van der Waals surface area contributed by atoms with Crippen LogP contribution in [0.15, 0.2) is 54.6 Å². The van der Waals surface area contributed by atoms with Crippen LogP contribution in [0.5, 0.6) is 0 Å². The minimum absolute atomic E-state index is 1.13. The van der Waals surface area contributed by atoms with E-state index in [1.165, 1.54) is 54.0 Å². The fourth-order valence-electron chi connectivity index (χ4n) is 4.06. The number of fused-ring (bicyclic) bond motifs is 7. The Hall–Kier alpha value is -2.32. The second kappa shape index (κ2) is 5.09. The van der Waals surface area contributed by atoms with Crippen molar-refractivity contribution in [3.05, 3.63) is 60.2 Å². The molecule has 2 aromatic heterocycles. The minimum Gasteiger partial charge on any atom is -0.344 e. The van der Waals surface area contributed by atoms with Crippen LogP contribution in [-0.2, 0) is 13.5 Å². The van der Waals surface area contributed by atoms with Gasteiger partial charge in [0.15, 0.2) is 0 Å². The lowest BCUT2D eigenvalue weighted by Gasteiger charge is -2.06. The molecule has 0 saturated carbocycles. The first-order chi connectivity index (χ1) is 11.8. The smallest absolute Gasteiger partial charge is 0.0506 e. The first kappa shape index (κ1) is 14.1. The highest BCUT2D eigenvalue weighted by molar-refractivity contribution is 7.26. The van der Waals surface area contributed by atoms with Crippen LogP contribution in [0.2, 0.25) is 0 Å². The molecule has 0 amide bonds. The van der Waals surface area contributed by atoms with Gasteiger partial charge in [0.1, 0.15) is 0 Å². The summed E-state index contributed by atoms with van der Waals surface area (Å²) in [4.78, 5) is 0. The summed E-state index contributed by atoms with van der Waals surface area (Å²) >= 11 is 1.95. The van der Waals surface area contributed by atoms with Crippen molar-refractivity contribution in [2.75, 3.05) is 0 Å². The number of nitrogens with zero attached hydrogens (tertiary/aromatic N) is 1. The monoisotopic (exact) mass is 329 g/mol. The van der Waals surface area contributed by atoms with E-state index in [-0.39, 0.29) is 0 Å². The highest BCUT2D eigenvalue weighted by Gasteiger charge is 2.17. The van der Waals surface area contributed by atoms with Crippen molar-refractivity contribution >= 4 is 53.3 Å². The van der Waals surface area contributed by atoms with Crippen molar-refractivity contribution in [1.29, 1.82) is 0 Å². The second-order valence-electron chi connectivity index (χ2n) is 6.56. The molecule has 0 fully saturated rings. The molecule has 0 spiro atoms. The van der Waals surface area contributed by atoms with Crippen molar-refractivity contribution in [2.24, 2.45) is 7.05 Å². The van der Waals surface area contributed by atoms with Gasteiger partial charge in [-0.2, -0.15) is 0 Å². The summed E-state index contributed by atoms with van der Waals surface area (Å²) in [5, 5.41) is 5.68. The summed E-state index contributed by atoms with van der Waals surface area (Å²) in [5.41, 5.74) is 4.17. The molecule has 0 aliphatic heterocycles. The standard InChI is InChI=1S/C22H19NS/c1-3-8-14-13-18-21(15-9-4-6-11-17(15)23(18)2)22-20(14)16-10-5-7-12-19(16)24-22/h4-7,9-13H,3,8H2,1-2H3. The zero-order valence-corrected chi connectivity index (χ0v) is 14.8. The highest BCUT2D eigenvalue weighted by Crippen LogP contribution is 2.44. The van der Waals surface area contributed by atoms with E-state index in [4.69, 9.17) is 0 Å². The number of aromatic nitrogens is 1. The summed E-state index contributed by atoms with van der Waals surface area (Å²) < 4.78 is 5.20. The van der Waals surface area contributed by atoms with Crippen LogP contribution in [0.4, 0.5) is 0 Å². The Morgan fingerprint density at radius 3 is 2.46 bits per heavy atom. The van der Waals surface area contributed by atoms with Gasteiger partial charge >= 0.3 is 0 Å². The van der Waals surface area contributed by atoms with Gasteiger partial charge in [-0.3, -0.25) is 0 Å². The summed E-state index contributed by atoms with van der Waals surface area (Å²) in [7, 11) is 2.19. The predicted molar refractivity (Wildman–Crippen MR) is 107 cm³/mol. The molecular formula is C22H19NS. The molecule has 2 heterocycles. The van der Waals surface area contributed by atoms with Crippen LogP contribution < -0.4 is 0 Å². The van der Waals surface area contributed by atoms with E-state index >= 15 is 0 Å². The molecule has 0 aliphatic rings. The molecule has 0 unspecified atom stereocenters. The maximum Gasteiger partial charge on any atom is 0.0506 e. The number of hydrogen-bond acceptors (Lipinski definition) is 1. The Morgan fingerprint density at radius 2 is 1.62 bits per heavy atom. The van der Waals surface area contributed by atoms with Crippen molar-refractivity contribution in [3.8, 4) is 0 Å². The van der Waals surface area contributed by atoms with Crippen molar-refractivity contribution < 1.29 is 0 Å². The molecule has 24 heavy (non-hydrogen) atoms. The molecule has 0 aliphatic carbocycles. The predicted octanol–water partition coefficient (Wildman–Crippen LogP) is 6.65. The Kier molecular flexibility index (Phi) is 2.98. The number of hydrogen-bond donors (Lipinski definition) is 0. The molecule has 0 bridgehead atoms. The molecule has 118 valence electrons. The van der Waals surface area contributed by atoms with E-state index in [0.29, 0.717) is 0 Å². The van der Waals surface area contributed by atoms with Crippen LogP contribution in [0.1, 0.15) is 18.9 Å². The number of benzene rings is 3. The molecule has 5 aromatic rings. The lowest BCUT2D eigenvalue weighted by molar-refractivity contribution is 0.928. The Balaban J connectivity index is 2.11. The molecule has 1 nitrogen and oxygen atoms in total. The molecule has 0 N–H and O–H groups in total. The van der Waals surface area contributed by atoms with Crippen LogP contribution >= 0.6 is 11.3 Å². The lowest BCUT2D eigenvalue weighted by Crippen LogP contribution is -1.90. The van der Waals surface area contributed by atoms with Crippen molar-refractivity contribution in [1.82, 2.24) is 4.57 Å². The fourth-order valence-corrected chi connectivity index (χ4v) is 5.37. The molecular weight excluding hydrogens is 310 g/mol. The maximum atomic E-state index is 2.43. The topological polar surface area (TPSA) is 4.93 Å². The Morgan fingerprint density at radius 1 is 0.875 bits per heavy atom. The average molecular weight is 329 g/mol. The largest absolute Gasteiger partial charge is 0.344 e. The SMILES string of the molecule is CCCc1cc2c(c3ccccc3n2C)c2sc3ccccc3c12. The summed E-state index contributed by atoms with van der Waals surface area (Å²) in [6.07, 6.45) is 2.31. The van der Waals surface area contributed by atoms with Gasteiger partial charge in [0.2, 0.25) is 0 Å². The van der Waals surface area contributed by atoms with Crippen LogP contribution in [0.25, 0.3) is 42.0 Å². The van der Waals surface area contributed by atoms with E-state index in [2.05, 4.69) is 73.1 Å². The number of thiophene rings is 1. The Labute approximate surface area is 145 Å². The van der Waals surface area contributed by atoms with Gasteiger partial charge < -0.3 is 4.57 Å². The van der Waals surface area contributed by atoms with Crippen LogP contribution in [-0.4, -0.2) is 4.57 Å². The third-order valence-electron chi connectivity index (χ3n) is 5.13. The first-order valence-electron chi connectivity index (χ1n) is 8.60. The van der Waals surface area contributed by atoms with Crippen molar-refractivity contribution in [3.63, 3.8) is 0 Å². The van der Waals surface area contributed by atoms with Gasteiger partial charge in [0, 0.05) is 43.5 Å². The molecule has 5 rings (SSSR count). The third kappa shape index (κ3) is 1.75. The zero-order valence-electron chi connectivity index (χ0n) is 14.0. The molecule has 0 radical (unpaired) electrons. The van der Waals surface area contributed by atoms with Gasteiger partial charge in [0.05, 0.1) is 5.52 Å². The summed E-state index contributed by atoms with van der Waals surface area (Å²) in [6.45, 7) is 2.27. The number of rotatable bonds is 2. The van der Waals surface area contributed by atoms with Crippen LogP contribution in [0, 0.1) is 0 Å². The Bertz CT molecular complexity index is 1220. The zero-order chi connectivity index (χ0) is 16.3. The van der Waals surface area contributed by atoms with Gasteiger partial charge in [-0.1, -0.05) is 49.7 Å². The summed E-state index contributed by atoms with van der Waals surface area (Å²) in [5.74, 6) is 0. The maximum absolute atomic E-state index is 2.43. The molecule has 2 heteroatoms. The van der Waals surface area contributed by atoms with Gasteiger partial charge in [0.25, 0.3) is 0 Å². The lowest BCUT2D eigenvalue weighted by atomic mass is 9.99. The van der Waals surface area contributed by atoms with E-state index in [1.54, 1.807) is 0 Å². The third-order valence-corrected chi connectivity index (χ3v) is 6.31. The molecule has 0 atom stereocenters. The van der Waals surface area contributed by atoms with E-state index < -0.39 is 0 Å². The first-order valence-corrected chi connectivity index (χ1v) is 9.41. The van der Waals surface area contributed by atoms with Gasteiger partial charge in [-0.25, -0.2) is 0 Å². The summed E-state index contributed by atoms with van der Waals surface area (Å²) in [6, 6.07) is 20.1. The van der Waals surface area contributed by atoms with E-state index in [9.17, 15) is 0 Å². The fraction of sp³-hybridized carbons (Fsp3) is 0.182. The molecule has 3 aromatic carbocycles. The number of aryl methyl sites for hydroxylation is 2.